The first-order chi connectivity index (χ1) is 8.33. The highest BCUT2D eigenvalue weighted by atomic mass is 16.5. The average molecular weight is 239 g/mol. The lowest BCUT2D eigenvalue weighted by molar-refractivity contribution is 0.149. The molecule has 1 aromatic rings. The molecule has 98 valence electrons. The Morgan fingerprint density at radius 1 is 1.41 bits per heavy atom. The number of ether oxygens (including phenoxy) is 1. The highest BCUT2D eigenvalue weighted by Crippen LogP contribution is 2.16. The van der Waals surface area contributed by atoms with Crippen LogP contribution in [-0.4, -0.2) is 29.8 Å². The number of nitrogens with zero attached hydrogens (tertiary/aromatic N) is 2. The number of rotatable bonds is 9. The van der Waals surface area contributed by atoms with E-state index >= 15 is 0 Å². The summed E-state index contributed by atoms with van der Waals surface area (Å²) in [5.74, 6) is 0. The number of imidazole rings is 1. The average Bonchev–Trinajstić information content (AvgIpc) is 2.77. The summed E-state index contributed by atoms with van der Waals surface area (Å²) in [6, 6.07) is 0.408. The maximum absolute atomic E-state index is 5.29. The van der Waals surface area contributed by atoms with E-state index < -0.39 is 0 Å². The smallest absolute Gasteiger partial charge is 0.0952 e. The van der Waals surface area contributed by atoms with E-state index in [1.54, 1.807) is 7.11 Å². The van der Waals surface area contributed by atoms with E-state index in [0.29, 0.717) is 6.04 Å². The van der Waals surface area contributed by atoms with Crippen molar-refractivity contribution in [3.05, 3.63) is 18.2 Å². The second-order valence-electron chi connectivity index (χ2n) is 4.37. The van der Waals surface area contributed by atoms with Crippen molar-refractivity contribution in [1.82, 2.24) is 14.9 Å². The van der Waals surface area contributed by atoms with Gasteiger partial charge in [-0.3, -0.25) is 0 Å². The van der Waals surface area contributed by atoms with Crippen molar-refractivity contribution >= 4 is 0 Å². The van der Waals surface area contributed by atoms with Crippen LogP contribution in [0.25, 0.3) is 0 Å². The first-order valence-corrected chi connectivity index (χ1v) is 6.53. The van der Waals surface area contributed by atoms with E-state index in [-0.39, 0.29) is 0 Å². The summed E-state index contributed by atoms with van der Waals surface area (Å²) in [4.78, 5) is 4.25. The van der Waals surface area contributed by atoms with Crippen LogP contribution in [0.2, 0.25) is 0 Å². The number of hydrogen-bond donors (Lipinski definition) is 1. The molecule has 4 nitrogen and oxygen atoms in total. The lowest BCUT2D eigenvalue weighted by atomic mass is 10.1. The fraction of sp³-hybridized carbons (Fsp3) is 0.769. The molecule has 0 amide bonds. The lowest BCUT2D eigenvalue weighted by Crippen LogP contribution is -2.21. The Bertz CT molecular complexity index is 293. The van der Waals surface area contributed by atoms with Crippen molar-refractivity contribution in [1.29, 1.82) is 0 Å². The molecule has 0 bridgehead atoms. The van der Waals surface area contributed by atoms with E-state index in [9.17, 15) is 0 Å². The highest BCUT2D eigenvalue weighted by molar-refractivity contribution is 5.00. The van der Waals surface area contributed by atoms with Crippen LogP contribution >= 0.6 is 0 Å². The molecule has 0 aliphatic rings. The van der Waals surface area contributed by atoms with Gasteiger partial charge >= 0.3 is 0 Å². The number of aromatic nitrogens is 2. The van der Waals surface area contributed by atoms with Crippen LogP contribution in [0, 0.1) is 0 Å². The zero-order valence-electron chi connectivity index (χ0n) is 11.3. The Morgan fingerprint density at radius 3 is 2.88 bits per heavy atom. The van der Waals surface area contributed by atoms with Crippen LogP contribution in [0.15, 0.2) is 12.5 Å². The fourth-order valence-electron chi connectivity index (χ4n) is 2.02. The number of hydrogen-bond acceptors (Lipinski definition) is 3. The SMILES string of the molecule is CCCNCc1cncn1C(CCC)COC. The van der Waals surface area contributed by atoms with Gasteiger partial charge in [0.15, 0.2) is 0 Å². The third-order valence-electron chi connectivity index (χ3n) is 2.85. The standard InChI is InChI=1S/C13H25N3O/c1-4-6-12(10-17-3)16-11-15-9-13(16)8-14-7-5-2/h9,11-12,14H,4-8,10H2,1-3H3. The minimum absolute atomic E-state index is 0.408. The van der Waals surface area contributed by atoms with E-state index in [4.69, 9.17) is 4.74 Å². The molecule has 1 heterocycles. The number of methoxy groups -OCH3 is 1. The van der Waals surface area contributed by atoms with Crippen molar-refractivity contribution in [2.75, 3.05) is 20.3 Å². The van der Waals surface area contributed by atoms with Crippen LogP contribution in [0.5, 0.6) is 0 Å². The number of nitrogens with one attached hydrogen (secondary N) is 1. The second-order valence-corrected chi connectivity index (χ2v) is 4.37. The van der Waals surface area contributed by atoms with Crippen LogP contribution < -0.4 is 5.32 Å². The summed E-state index contributed by atoms with van der Waals surface area (Å²) in [6.45, 7) is 7.07. The molecule has 0 radical (unpaired) electrons. The Morgan fingerprint density at radius 2 is 2.24 bits per heavy atom. The molecule has 0 fully saturated rings. The molecule has 1 N–H and O–H groups in total. The predicted molar refractivity (Wildman–Crippen MR) is 70.0 cm³/mol. The van der Waals surface area contributed by atoms with E-state index in [1.165, 1.54) is 5.69 Å². The third-order valence-corrected chi connectivity index (χ3v) is 2.85. The minimum atomic E-state index is 0.408. The zero-order chi connectivity index (χ0) is 12.5. The molecule has 1 rings (SSSR count). The fourth-order valence-corrected chi connectivity index (χ4v) is 2.02. The van der Waals surface area contributed by atoms with Crippen molar-refractivity contribution in [3.63, 3.8) is 0 Å². The molecule has 4 heteroatoms. The first-order valence-electron chi connectivity index (χ1n) is 6.53. The molecule has 0 saturated carbocycles. The molecule has 0 aromatic carbocycles. The Hall–Kier alpha value is -0.870. The van der Waals surface area contributed by atoms with Gasteiger partial charge in [0.25, 0.3) is 0 Å². The zero-order valence-corrected chi connectivity index (χ0v) is 11.3. The second kappa shape index (κ2) is 8.25. The molecular weight excluding hydrogens is 214 g/mol. The van der Waals surface area contributed by atoms with Crippen molar-refractivity contribution in [2.45, 2.75) is 45.7 Å². The molecule has 1 atom stereocenters. The minimum Gasteiger partial charge on any atom is -0.383 e. The Kier molecular flexibility index (Phi) is 6.89. The molecule has 1 unspecified atom stereocenters. The van der Waals surface area contributed by atoms with Gasteiger partial charge < -0.3 is 14.6 Å². The van der Waals surface area contributed by atoms with Gasteiger partial charge in [0, 0.05) is 19.9 Å². The maximum atomic E-state index is 5.29. The van der Waals surface area contributed by atoms with Crippen LogP contribution in [0.4, 0.5) is 0 Å². The summed E-state index contributed by atoms with van der Waals surface area (Å²) >= 11 is 0. The van der Waals surface area contributed by atoms with Gasteiger partial charge in [-0.2, -0.15) is 0 Å². The van der Waals surface area contributed by atoms with Crippen LogP contribution in [0.1, 0.15) is 44.8 Å². The highest BCUT2D eigenvalue weighted by Gasteiger charge is 2.12. The molecule has 0 saturated heterocycles. The predicted octanol–water partition coefficient (Wildman–Crippen LogP) is 2.37. The molecule has 1 aromatic heterocycles. The first kappa shape index (κ1) is 14.2. The summed E-state index contributed by atoms with van der Waals surface area (Å²) in [6.07, 6.45) is 7.31. The van der Waals surface area contributed by atoms with Gasteiger partial charge in [0.05, 0.1) is 24.7 Å². The summed E-state index contributed by atoms with van der Waals surface area (Å²) in [7, 11) is 1.76. The summed E-state index contributed by atoms with van der Waals surface area (Å²) in [5, 5.41) is 3.42. The normalized spacial score (nSPS) is 12.9. The Balaban J connectivity index is 2.63. The van der Waals surface area contributed by atoms with Gasteiger partial charge in [-0.25, -0.2) is 4.98 Å². The topological polar surface area (TPSA) is 39.1 Å². The van der Waals surface area contributed by atoms with Gasteiger partial charge in [0.2, 0.25) is 0 Å². The largest absolute Gasteiger partial charge is 0.383 e. The summed E-state index contributed by atoms with van der Waals surface area (Å²) in [5.41, 5.74) is 1.24. The van der Waals surface area contributed by atoms with Crippen LogP contribution in [0.3, 0.4) is 0 Å². The lowest BCUT2D eigenvalue weighted by Gasteiger charge is -2.19. The summed E-state index contributed by atoms with van der Waals surface area (Å²) < 4.78 is 7.54. The van der Waals surface area contributed by atoms with Gasteiger partial charge in [-0.15, -0.1) is 0 Å². The molecular formula is C13H25N3O. The molecule has 0 aliphatic carbocycles. The van der Waals surface area contributed by atoms with Crippen LogP contribution in [-0.2, 0) is 11.3 Å². The maximum Gasteiger partial charge on any atom is 0.0952 e. The van der Waals surface area contributed by atoms with E-state index in [2.05, 4.69) is 28.7 Å². The van der Waals surface area contributed by atoms with Gasteiger partial charge in [-0.1, -0.05) is 20.3 Å². The molecule has 0 aliphatic heterocycles. The van der Waals surface area contributed by atoms with Gasteiger partial charge in [0.1, 0.15) is 0 Å². The molecule has 0 spiro atoms. The van der Waals surface area contributed by atoms with Crippen molar-refractivity contribution in [3.8, 4) is 0 Å². The van der Waals surface area contributed by atoms with E-state index in [1.807, 2.05) is 12.5 Å². The van der Waals surface area contributed by atoms with E-state index in [0.717, 1.165) is 39.0 Å². The Labute approximate surface area is 104 Å². The monoisotopic (exact) mass is 239 g/mol. The third kappa shape index (κ3) is 4.48. The van der Waals surface area contributed by atoms with Crippen molar-refractivity contribution < 1.29 is 4.74 Å². The van der Waals surface area contributed by atoms with Gasteiger partial charge in [-0.05, 0) is 19.4 Å². The quantitative estimate of drug-likeness (QED) is 0.672. The van der Waals surface area contributed by atoms with Crippen molar-refractivity contribution in [2.24, 2.45) is 0 Å². The molecule has 17 heavy (non-hydrogen) atoms.